The van der Waals surface area contributed by atoms with Crippen molar-refractivity contribution in [3.8, 4) is 5.75 Å². The number of aromatic nitrogens is 1. The molecule has 148 valence electrons. The lowest BCUT2D eigenvalue weighted by Gasteiger charge is -2.26. The van der Waals surface area contributed by atoms with E-state index in [1.165, 1.54) is 10.4 Å². The summed E-state index contributed by atoms with van der Waals surface area (Å²) in [7, 11) is 5.86. The molecule has 0 amide bonds. The number of aliphatic imine (C=N–C) groups is 1. The fraction of sp³-hybridized carbons (Fsp3) is 0.500. The molecule has 0 spiro atoms. The van der Waals surface area contributed by atoms with E-state index in [4.69, 9.17) is 4.74 Å². The zero-order valence-corrected chi connectivity index (χ0v) is 17.8. The maximum atomic E-state index is 5.37. The first kappa shape index (κ1) is 21.2. The van der Waals surface area contributed by atoms with Gasteiger partial charge in [-0.3, -0.25) is 0 Å². The first-order valence-electron chi connectivity index (χ1n) is 9.33. The van der Waals surface area contributed by atoms with Gasteiger partial charge in [0, 0.05) is 24.2 Å². The molecule has 2 aromatic rings. The number of thiazole rings is 1. The molecule has 1 heterocycles. The smallest absolute Gasteiger partial charge is 0.191 e. The number of hydrogen-bond donors (Lipinski definition) is 2. The van der Waals surface area contributed by atoms with Crippen molar-refractivity contribution >= 4 is 17.3 Å². The average Bonchev–Trinajstić information content (AvgIpc) is 3.14. The Hall–Kier alpha value is -2.12. The number of nitrogens with one attached hydrogen (secondary N) is 2. The summed E-state index contributed by atoms with van der Waals surface area (Å²) in [6.45, 7) is 6.36. The molecule has 0 aliphatic rings. The Labute approximate surface area is 166 Å². The van der Waals surface area contributed by atoms with Gasteiger partial charge in [0.15, 0.2) is 5.96 Å². The first-order valence-corrected chi connectivity index (χ1v) is 10.1. The molecule has 6 nitrogen and oxygen atoms in total. The predicted molar refractivity (Wildman–Crippen MR) is 114 cm³/mol. The van der Waals surface area contributed by atoms with E-state index in [9.17, 15) is 0 Å². The molecule has 0 radical (unpaired) electrons. The van der Waals surface area contributed by atoms with Gasteiger partial charge >= 0.3 is 0 Å². The highest BCUT2D eigenvalue weighted by Gasteiger charge is 2.15. The molecule has 0 aliphatic heterocycles. The second-order valence-electron chi connectivity index (χ2n) is 6.41. The molecule has 1 unspecified atom stereocenters. The van der Waals surface area contributed by atoms with Crippen LogP contribution >= 0.6 is 11.3 Å². The Bertz CT molecular complexity index is 729. The zero-order valence-electron chi connectivity index (χ0n) is 17.0. The summed E-state index contributed by atoms with van der Waals surface area (Å²) >= 11 is 1.73. The van der Waals surface area contributed by atoms with Gasteiger partial charge in [-0.2, -0.15) is 0 Å². The van der Waals surface area contributed by atoms with Gasteiger partial charge in [0.1, 0.15) is 10.8 Å². The van der Waals surface area contributed by atoms with Crippen LogP contribution in [0.5, 0.6) is 5.75 Å². The third-order valence-electron chi connectivity index (χ3n) is 4.23. The third kappa shape index (κ3) is 6.52. The summed E-state index contributed by atoms with van der Waals surface area (Å²) in [6, 6.07) is 8.40. The molecule has 27 heavy (non-hydrogen) atoms. The van der Waals surface area contributed by atoms with E-state index in [1.54, 1.807) is 18.4 Å². The number of nitrogens with zero attached hydrogens (tertiary/aromatic N) is 3. The molecule has 1 atom stereocenters. The van der Waals surface area contributed by atoms with Crippen molar-refractivity contribution in [1.29, 1.82) is 0 Å². The van der Waals surface area contributed by atoms with Crippen LogP contribution in [0.1, 0.15) is 35.3 Å². The van der Waals surface area contributed by atoms with Crippen molar-refractivity contribution < 1.29 is 4.74 Å². The van der Waals surface area contributed by atoms with Crippen LogP contribution in [0.4, 0.5) is 0 Å². The highest BCUT2D eigenvalue weighted by atomic mass is 32.1. The van der Waals surface area contributed by atoms with Crippen LogP contribution in [0.2, 0.25) is 0 Å². The SMILES string of the molecule is CCNC(=NCc1ncc(CC)s1)NCC(c1cccc(OC)c1)N(C)C. The molecule has 7 heteroatoms. The fourth-order valence-corrected chi connectivity index (χ4v) is 3.50. The van der Waals surface area contributed by atoms with E-state index in [0.717, 1.165) is 36.2 Å². The molecule has 0 aliphatic carbocycles. The number of guanidine groups is 1. The summed E-state index contributed by atoms with van der Waals surface area (Å²) in [5, 5.41) is 7.82. The molecule has 0 bridgehead atoms. The second kappa shape index (κ2) is 10.9. The lowest BCUT2D eigenvalue weighted by Crippen LogP contribution is -2.41. The van der Waals surface area contributed by atoms with Crippen LogP contribution < -0.4 is 15.4 Å². The highest BCUT2D eigenvalue weighted by molar-refractivity contribution is 7.11. The van der Waals surface area contributed by atoms with Gasteiger partial charge in [-0.05, 0) is 45.1 Å². The molecular weight excluding hydrogens is 358 g/mol. The maximum Gasteiger partial charge on any atom is 0.191 e. The van der Waals surface area contributed by atoms with Gasteiger partial charge in [0.2, 0.25) is 0 Å². The van der Waals surface area contributed by atoms with Crippen molar-refractivity contribution in [2.45, 2.75) is 32.9 Å². The van der Waals surface area contributed by atoms with E-state index in [-0.39, 0.29) is 6.04 Å². The van der Waals surface area contributed by atoms with Crippen molar-refractivity contribution in [2.24, 2.45) is 4.99 Å². The number of hydrogen-bond acceptors (Lipinski definition) is 5. The molecule has 2 rings (SSSR count). The van der Waals surface area contributed by atoms with E-state index in [1.807, 2.05) is 18.3 Å². The van der Waals surface area contributed by atoms with Gasteiger partial charge in [-0.15, -0.1) is 11.3 Å². The number of methoxy groups -OCH3 is 1. The van der Waals surface area contributed by atoms with Crippen molar-refractivity contribution in [1.82, 2.24) is 20.5 Å². The Morgan fingerprint density at radius 2 is 2.11 bits per heavy atom. The highest BCUT2D eigenvalue weighted by Crippen LogP contribution is 2.22. The van der Waals surface area contributed by atoms with E-state index in [2.05, 4.69) is 65.6 Å². The van der Waals surface area contributed by atoms with Crippen LogP contribution in [-0.4, -0.2) is 50.1 Å². The minimum Gasteiger partial charge on any atom is -0.497 e. The molecule has 0 saturated heterocycles. The lowest BCUT2D eigenvalue weighted by atomic mass is 10.1. The molecular formula is C20H31N5OS. The summed E-state index contributed by atoms with van der Waals surface area (Å²) < 4.78 is 5.37. The van der Waals surface area contributed by atoms with E-state index in [0.29, 0.717) is 6.54 Å². The quantitative estimate of drug-likeness (QED) is 0.510. The maximum absolute atomic E-state index is 5.37. The number of benzene rings is 1. The second-order valence-corrected chi connectivity index (χ2v) is 7.61. The zero-order chi connectivity index (χ0) is 19.6. The molecule has 1 aromatic heterocycles. The number of likely N-dealkylation sites (N-methyl/N-ethyl adjacent to an activating group) is 1. The molecule has 0 fully saturated rings. The van der Waals surface area contributed by atoms with E-state index < -0.39 is 0 Å². The van der Waals surface area contributed by atoms with Gasteiger partial charge in [-0.25, -0.2) is 9.98 Å². The first-order chi connectivity index (χ1) is 13.1. The normalized spacial score (nSPS) is 12.9. The fourth-order valence-electron chi connectivity index (χ4n) is 2.71. The topological polar surface area (TPSA) is 61.8 Å². The van der Waals surface area contributed by atoms with Crippen LogP contribution in [0.3, 0.4) is 0 Å². The number of rotatable bonds is 9. The Morgan fingerprint density at radius 1 is 1.30 bits per heavy atom. The van der Waals surface area contributed by atoms with Crippen LogP contribution in [0.15, 0.2) is 35.5 Å². The summed E-state index contributed by atoms with van der Waals surface area (Å²) in [4.78, 5) is 12.6. The largest absolute Gasteiger partial charge is 0.497 e. The minimum atomic E-state index is 0.204. The van der Waals surface area contributed by atoms with Crippen LogP contribution in [0, 0.1) is 0 Å². The molecule has 1 aromatic carbocycles. The average molecular weight is 390 g/mol. The standard InChI is InChI=1S/C20H31N5OS/c1-6-17-12-22-19(27-17)14-24-20(21-7-2)23-13-18(25(3)4)15-9-8-10-16(11-15)26-5/h8-12,18H,6-7,13-14H2,1-5H3,(H2,21,23,24). The van der Waals surface area contributed by atoms with Gasteiger partial charge in [0.25, 0.3) is 0 Å². The van der Waals surface area contributed by atoms with E-state index >= 15 is 0 Å². The van der Waals surface area contributed by atoms with Gasteiger partial charge < -0.3 is 20.3 Å². The van der Waals surface area contributed by atoms with Crippen molar-refractivity contribution in [3.05, 3.63) is 45.9 Å². The van der Waals surface area contributed by atoms with Crippen LogP contribution in [-0.2, 0) is 13.0 Å². The molecule has 2 N–H and O–H groups in total. The Balaban J connectivity index is 2.05. The van der Waals surface area contributed by atoms with Crippen LogP contribution in [0.25, 0.3) is 0 Å². The lowest BCUT2D eigenvalue weighted by molar-refractivity contribution is 0.297. The van der Waals surface area contributed by atoms with Gasteiger partial charge in [0.05, 0.1) is 19.7 Å². The van der Waals surface area contributed by atoms with Crippen molar-refractivity contribution in [2.75, 3.05) is 34.3 Å². The monoisotopic (exact) mass is 389 g/mol. The summed E-state index contributed by atoms with van der Waals surface area (Å²) in [5.74, 6) is 1.68. The number of aryl methyl sites for hydroxylation is 1. The number of ether oxygens (including phenoxy) is 1. The summed E-state index contributed by atoms with van der Waals surface area (Å²) in [5.41, 5.74) is 1.20. The summed E-state index contributed by atoms with van der Waals surface area (Å²) in [6.07, 6.45) is 2.96. The Kier molecular flexibility index (Phi) is 8.54. The third-order valence-corrected chi connectivity index (χ3v) is 5.36. The minimum absolute atomic E-state index is 0.204. The van der Waals surface area contributed by atoms with Crippen molar-refractivity contribution in [3.63, 3.8) is 0 Å². The molecule has 0 saturated carbocycles. The predicted octanol–water partition coefficient (Wildman–Crippen LogP) is 3.07. The Morgan fingerprint density at radius 3 is 2.74 bits per heavy atom. The van der Waals surface area contributed by atoms with Gasteiger partial charge in [-0.1, -0.05) is 19.1 Å².